The van der Waals surface area contributed by atoms with E-state index in [1.54, 1.807) is 36.4 Å². The van der Waals surface area contributed by atoms with Crippen LogP contribution in [0.4, 0.5) is 4.39 Å². The minimum absolute atomic E-state index is 0.176. The molecule has 1 aliphatic heterocycles. The molecule has 2 atom stereocenters. The number of hydrogen-bond acceptors (Lipinski definition) is 4. The Morgan fingerprint density at radius 3 is 2.59 bits per heavy atom. The van der Waals surface area contributed by atoms with E-state index >= 15 is 0 Å². The Bertz CT molecular complexity index is 690. The molecular formula is C21H25ClFNO3. The average Bonchev–Trinajstić information content (AvgIpc) is 3.16. The number of benzene rings is 2. The Morgan fingerprint density at radius 2 is 1.93 bits per heavy atom. The molecule has 6 heteroatoms. The minimum atomic E-state index is -0.650. The fourth-order valence-corrected chi connectivity index (χ4v) is 3.33. The number of aliphatic hydroxyl groups is 1. The highest BCUT2D eigenvalue weighted by molar-refractivity contribution is 6.30. The number of nitrogens with zero attached hydrogens (tertiary/aromatic N) is 1. The zero-order chi connectivity index (χ0) is 19.1. The normalized spacial score (nSPS) is 18.0. The Labute approximate surface area is 164 Å². The van der Waals surface area contributed by atoms with Gasteiger partial charge in [0.05, 0.1) is 6.10 Å². The van der Waals surface area contributed by atoms with Crippen LogP contribution in [0.2, 0.25) is 5.02 Å². The summed E-state index contributed by atoms with van der Waals surface area (Å²) < 4.78 is 24.5. The highest BCUT2D eigenvalue weighted by atomic mass is 35.5. The fourth-order valence-electron chi connectivity index (χ4n) is 3.20. The van der Waals surface area contributed by atoms with E-state index in [1.165, 1.54) is 12.1 Å². The lowest BCUT2D eigenvalue weighted by molar-refractivity contribution is 0.0313. The Balaban J connectivity index is 1.55. The van der Waals surface area contributed by atoms with Gasteiger partial charge in [0.2, 0.25) is 0 Å². The van der Waals surface area contributed by atoms with E-state index in [9.17, 15) is 9.50 Å². The molecule has 0 saturated carbocycles. The van der Waals surface area contributed by atoms with Crippen molar-refractivity contribution in [3.8, 4) is 5.75 Å². The van der Waals surface area contributed by atoms with Crippen molar-refractivity contribution < 1.29 is 19.0 Å². The molecule has 3 rings (SSSR count). The maximum absolute atomic E-state index is 13.1. The summed E-state index contributed by atoms with van der Waals surface area (Å²) in [7, 11) is 0. The lowest BCUT2D eigenvalue weighted by Gasteiger charge is -2.27. The van der Waals surface area contributed by atoms with Gasteiger partial charge in [-0.15, -0.1) is 0 Å². The van der Waals surface area contributed by atoms with E-state index in [0.29, 0.717) is 23.9 Å². The molecule has 1 N–H and O–H groups in total. The molecule has 146 valence electrons. The van der Waals surface area contributed by atoms with Crippen molar-refractivity contribution in [2.75, 3.05) is 26.3 Å². The van der Waals surface area contributed by atoms with Crippen molar-refractivity contribution >= 4 is 11.6 Å². The van der Waals surface area contributed by atoms with Crippen LogP contribution < -0.4 is 4.74 Å². The second kappa shape index (κ2) is 10.0. The van der Waals surface area contributed by atoms with Crippen LogP contribution in [-0.2, 0) is 11.3 Å². The zero-order valence-corrected chi connectivity index (χ0v) is 15.9. The highest BCUT2D eigenvalue weighted by Gasteiger charge is 2.21. The fraction of sp³-hybridized carbons (Fsp3) is 0.429. The first-order valence-electron chi connectivity index (χ1n) is 9.23. The maximum Gasteiger partial charge on any atom is 0.123 e. The summed E-state index contributed by atoms with van der Waals surface area (Å²) in [4.78, 5) is 2.14. The molecule has 0 unspecified atom stereocenters. The monoisotopic (exact) mass is 393 g/mol. The average molecular weight is 394 g/mol. The second-order valence-electron chi connectivity index (χ2n) is 6.87. The van der Waals surface area contributed by atoms with Gasteiger partial charge >= 0.3 is 0 Å². The van der Waals surface area contributed by atoms with Gasteiger partial charge in [-0.05, 0) is 54.8 Å². The van der Waals surface area contributed by atoms with Gasteiger partial charge < -0.3 is 14.6 Å². The van der Waals surface area contributed by atoms with Gasteiger partial charge in [-0.25, -0.2) is 4.39 Å². The van der Waals surface area contributed by atoms with Crippen LogP contribution in [0.5, 0.6) is 5.75 Å². The van der Waals surface area contributed by atoms with E-state index < -0.39 is 6.10 Å². The molecule has 1 aliphatic rings. The summed E-state index contributed by atoms with van der Waals surface area (Å²) >= 11 is 5.86. The SMILES string of the molecule is O[C@H](COc1ccc(Cl)cc1)CN(Cc1ccc(F)cc1)C[C@@H]1CCCO1. The van der Waals surface area contributed by atoms with Crippen LogP contribution in [-0.4, -0.2) is 48.5 Å². The van der Waals surface area contributed by atoms with E-state index in [4.69, 9.17) is 21.1 Å². The van der Waals surface area contributed by atoms with Crippen molar-refractivity contribution in [1.29, 1.82) is 0 Å². The number of ether oxygens (including phenoxy) is 2. The smallest absolute Gasteiger partial charge is 0.123 e. The van der Waals surface area contributed by atoms with Crippen molar-refractivity contribution in [1.82, 2.24) is 4.90 Å². The summed E-state index contributed by atoms with van der Waals surface area (Å²) in [5.74, 6) is 0.420. The standard InChI is InChI=1S/C21H25ClFNO3/c22-17-5-9-20(10-6-17)27-15-19(25)13-24(14-21-2-1-11-26-21)12-16-3-7-18(23)8-4-16/h3-10,19,21,25H,1-2,11-15H2/t19-,21-/m0/s1. The molecule has 0 aromatic heterocycles. The molecule has 0 spiro atoms. The summed E-state index contributed by atoms with van der Waals surface area (Å²) in [6, 6.07) is 13.5. The third-order valence-corrected chi connectivity index (χ3v) is 4.78. The Morgan fingerprint density at radius 1 is 1.19 bits per heavy atom. The van der Waals surface area contributed by atoms with Gasteiger partial charge in [-0.2, -0.15) is 0 Å². The summed E-state index contributed by atoms with van der Waals surface area (Å²) in [6.45, 7) is 2.78. The van der Waals surface area contributed by atoms with Gasteiger partial charge in [-0.3, -0.25) is 4.90 Å². The van der Waals surface area contributed by atoms with Crippen molar-refractivity contribution in [3.63, 3.8) is 0 Å². The van der Waals surface area contributed by atoms with Gasteiger partial charge in [0.1, 0.15) is 24.3 Å². The number of hydrogen-bond donors (Lipinski definition) is 1. The van der Waals surface area contributed by atoms with E-state index in [2.05, 4.69) is 4.90 Å². The van der Waals surface area contributed by atoms with Crippen LogP contribution in [0.1, 0.15) is 18.4 Å². The number of halogens is 2. The molecular weight excluding hydrogens is 369 g/mol. The first kappa shape index (κ1) is 20.1. The van der Waals surface area contributed by atoms with Crippen LogP contribution in [0.3, 0.4) is 0 Å². The molecule has 27 heavy (non-hydrogen) atoms. The minimum Gasteiger partial charge on any atom is -0.491 e. The summed E-state index contributed by atoms with van der Waals surface area (Å²) in [5, 5.41) is 11.1. The van der Waals surface area contributed by atoms with Crippen LogP contribution >= 0.6 is 11.6 Å². The van der Waals surface area contributed by atoms with Crippen LogP contribution in [0.25, 0.3) is 0 Å². The molecule has 1 fully saturated rings. The second-order valence-corrected chi connectivity index (χ2v) is 7.31. The molecule has 0 aliphatic carbocycles. The first-order valence-corrected chi connectivity index (χ1v) is 9.61. The van der Waals surface area contributed by atoms with E-state index in [0.717, 1.165) is 31.6 Å². The molecule has 2 aromatic rings. The molecule has 4 nitrogen and oxygen atoms in total. The van der Waals surface area contributed by atoms with Crippen LogP contribution in [0.15, 0.2) is 48.5 Å². The summed E-state index contributed by atoms with van der Waals surface area (Å²) in [6.07, 6.45) is 1.62. The number of aliphatic hydroxyl groups excluding tert-OH is 1. The van der Waals surface area contributed by atoms with Gasteiger partial charge in [-0.1, -0.05) is 23.7 Å². The van der Waals surface area contributed by atoms with E-state index in [1.807, 2.05) is 0 Å². The van der Waals surface area contributed by atoms with Crippen molar-refractivity contribution in [3.05, 3.63) is 64.9 Å². The molecule has 0 radical (unpaired) electrons. The first-order chi connectivity index (χ1) is 13.1. The van der Waals surface area contributed by atoms with Crippen molar-refractivity contribution in [2.45, 2.75) is 31.6 Å². The van der Waals surface area contributed by atoms with Gasteiger partial charge in [0, 0.05) is 31.3 Å². The third-order valence-electron chi connectivity index (χ3n) is 4.53. The quantitative estimate of drug-likeness (QED) is 0.701. The third kappa shape index (κ3) is 6.78. The Kier molecular flexibility index (Phi) is 7.47. The van der Waals surface area contributed by atoms with E-state index in [-0.39, 0.29) is 18.5 Å². The maximum atomic E-state index is 13.1. The molecule has 0 amide bonds. The van der Waals surface area contributed by atoms with Crippen molar-refractivity contribution in [2.24, 2.45) is 0 Å². The molecule has 2 aromatic carbocycles. The topological polar surface area (TPSA) is 41.9 Å². The highest BCUT2D eigenvalue weighted by Crippen LogP contribution is 2.17. The predicted octanol–water partition coefficient (Wildman–Crippen LogP) is 3.90. The summed E-state index contributed by atoms with van der Waals surface area (Å²) in [5.41, 5.74) is 1.00. The lowest BCUT2D eigenvalue weighted by atomic mass is 10.1. The predicted molar refractivity (Wildman–Crippen MR) is 104 cm³/mol. The number of rotatable bonds is 9. The lowest BCUT2D eigenvalue weighted by Crippen LogP contribution is -2.39. The molecule has 1 heterocycles. The zero-order valence-electron chi connectivity index (χ0n) is 15.2. The molecule has 1 saturated heterocycles. The molecule has 0 bridgehead atoms. The van der Waals surface area contributed by atoms with Gasteiger partial charge in [0.25, 0.3) is 0 Å². The van der Waals surface area contributed by atoms with Gasteiger partial charge in [0.15, 0.2) is 0 Å². The van der Waals surface area contributed by atoms with Crippen LogP contribution in [0, 0.1) is 5.82 Å². The largest absolute Gasteiger partial charge is 0.491 e. The Hall–Kier alpha value is -1.66.